The van der Waals surface area contributed by atoms with Crippen LogP contribution >= 0.6 is 0 Å². The lowest BCUT2D eigenvalue weighted by Gasteiger charge is -2.20. The second kappa shape index (κ2) is 5.20. The van der Waals surface area contributed by atoms with Gasteiger partial charge in [-0.05, 0) is 53.6 Å². The van der Waals surface area contributed by atoms with E-state index in [0.717, 1.165) is 18.5 Å². The van der Waals surface area contributed by atoms with Crippen molar-refractivity contribution >= 4 is 11.4 Å². The van der Waals surface area contributed by atoms with E-state index in [0.29, 0.717) is 12.0 Å². The van der Waals surface area contributed by atoms with E-state index in [1.165, 1.54) is 22.4 Å². The Morgan fingerprint density at radius 3 is 2.75 bits per heavy atom. The largest absolute Gasteiger partial charge is 0.399 e. The van der Waals surface area contributed by atoms with Gasteiger partial charge in [0.25, 0.3) is 0 Å². The predicted molar refractivity (Wildman–Crippen MR) is 86.1 cm³/mol. The summed E-state index contributed by atoms with van der Waals surface area (Å²) in [6, 6.07) is 15.3. The van der Waals surface area contributed by atoms with Gasteiger partial charge in [0.2, 0.25) is 0 Å². The van der Waals surface area contributed by atoms with Gasteiger partial charge in [0.15, 0.2) is 0 Å². The highest BCUT2D eigenvalue weighted by Gasteiger charge is 2.23. The molecular formula is C18H22N2. The zero-order chi connectivity index (χ0) is 14.1. The van der Waals surface area contributed by atoms with Crippen LogP contribution in [0.2, 0.25) is 0 Å². The highest BCUT2D eigenvalue weighted by atomic mass is 14.9. The number of nitrogen functional groups attached to an aromatic ring is 1. The Balaban J connectivity index is 1.88. The molecule has 2 aromatic rings. The van der Waals surface area contributed by atoms with E-state index in [2.05, 4.69) is 55.6 Å². The van der Waals surface area contributed by atoms with E-state index < -0.39 is 0 Å². The maximum absolute atomic E-state index is 5.87. The summed E-state index contributed by atoms with van der Waals surface area (Å²) in [6.45, 7) is 4.48. The van der Waals surface area contributed by atoms with Gasteiger partial charge in [-0.15, -0.1) is 0 Å². The molecule has 1 aliphatic carbocycles. The molecule has 20 heavy (non-hydrogen) atoms. The van der Waals surface area contributed by atoms with Crippen molar-refractivity contribution in [1.82, 2.24) is 0 Å². The molecule has 0 fully saturated rings. The quantitative estimate of drug-likeness (QED) is 0.803. The molecule has 0 aromatic heterocycles. The number of fused-ring (bicyclic) bond motifs is 1. The van der Waals surface area contributed by atoms with E-state index >= 15 is 0 Å². The van der Waals surface area contributed by atoms with Crippen LogP contribution in [0.5, 0.6) is 0 Å². The predicted octanol–water partition coefficient (Wildman–Crippen LogP) is 4.49. The maximum Gasteiger partial charge on any atom is 0.0519 e. The number of nitrogens with one attached hydrogen (secondary N) is 1. The molecule has 1 unspecified atom stereocenters. The molecule has 0 saturated heterocycles. The highest BCUT2D eigenvalue weighted by Crippen LogP contribution is 2.36. The van der Waals surface area contributed by atoms with Gasteiger partial charge in [-0.25, -0.2) is 0 Å². The lowest BCUT2D eigenvalue weighted by molar-refractivity contribution is 0.755. The molecule has 3 N–H and O–H groups in total. The van der Waals surface area contributed by atoms with Crippen molar-refractivity contribution in [3.8, 4) is 0 Å². The average molecular weight is 266 g/mol. The Morgan fingerprint density at radius 2 is 1.95 bits per heavy atom. The molecule has 0 saturated carbocycles. The Kier molecular flexibility index (Phi) is 3.39. The van der Waals surface area contributed by atoms with E-state index in [9.17, 15) is 0 Å². The summed E-state index contributed by atoms with van der Waals surface area (Å²) in [7, 11) is 0. The zero-order valence-electron chi connectivity index (χ0n) is 12.2. The van der Waals surface area contributed by atoms with Crippen molar-refractivity contribution in [3.05, 3.63) is 59.2 Å². The summed E-state index contributed by atoms with van der Waals surface area (Å²) in [5, 5.41) is 3.73. The third-order valence-electron chi connectivity index (χ3n) is 4.16. The Labute approximate surface area is 121 Å². The van der Waals surface area contributed by atoms with Crippen LogP contribution in [0, 0.1) is 0 Å². The molecule has 0 spiro atoms. The topological polar surface area (TPSA) is 38.0 Å². The van der Waals surface area contributed by atoms with E-state index in [-0.39, 0.29) is 0 Å². The third-order valence-corrected chi connectivity index (χ3v) is 4.16. The van der Waals surface area contributed by atoms with Crippen molar-refractivity contribution in [2.45, 2.75) is 38.6 Å². The second-order valence-electron chi connectivity index (χ2n) is 5.94. The first-order valence-corrected chi connectivity index (χ1v) is 7.39. The van der Waals surface area contributed by atoms with Crippen LogP contribution in [-0.2, 0) is 6.42 Å². The maximum atomic E-state index is 5.87. The molecule has 0 bridgehead atoms. The molecule has 0 radical (unpaired) electrons. The zero-order valence-corrected chi connectivity index (χ0v) is 12.2. The highest BCUT2D eigenvalue weighted by molar-refractivity contribution is 5.56. The molecule has 1 atom stereocenters. The van der Waals surface area contributed by atoms with Gasteiger partial charge >= 0.3 is 0 Å². The summed E-state index contributed by atoms with van der Waals surface area (Å²) >= 11 is 0. The van der Waals surface area contributed by atoms with Crippen LogP contribution < -0.4 is 11.1 Å². The summed E-state index contributed by atoms with van der Waals surface area (Å²) in [5.74, 6) is 0.533. The number of nitrogens with two attached hydrogens (primary N) is 1. The molecule has 104 valence electrons. The number of aryl methyl sites for hydroxylation is 1. The van der Waals surface area contributed by atoms with Crippen LogP contribution in [0.1, 0.15) is 48.9 Å². The van der Waals surface area contributed by atoms with Gasteiger partial charge in [-0.2, -0.15) is 0 Å². The fraction of sp³-hybridized carbons (Fsp3) is 0.333. The molecule has 0 aliphatic heterocycles. The SMILES string of the molecule is CC(C)c1ccccc1NC1CCc2cc(N)ccc21. The van der Waals surface area contributed by atoms with Crippen molar-refractivity contribution in [2.75, 3.05) is 11.1 Å². The lowest BCUT2D eigenvalue weighted by Crippen LogP contribution is -2.09. The molecule has 1 aliphatic rings. The second-order valence-corrected chi connectivity index (χ2v) is 5.94. The number of hydrogen-bond acceptors (Lipinski definition) is 2. The number of rotatable bonds is 3. The van der Waals surface area contributed by atoms with Crippen LogP contribution in [0.3, 0.4) is 0 Å². The van der Waals surface area contributed by atoms with Gasteiger partial charge in [-0.3, -0.25) is 0 Å². The van der Waals surface area contributed by atoms with Crippen LogP contribution in [-0.4, -0.2) is 0 Å². The third kappa shape index (κ3) is 2.38. The van der Waals surface area contributed by atoms with Gasteiger partial charge in [0.1, 0.15) is 0 Å². The first-order chi connectivity index (χ1) is 9.65. The first kappa shape index (κ1) is 13.0. The van der Waals surface area contributed by atoms with Crippen LogP contribution in [0.15, 0.2) is 42.5 Å². The Morgan fingerprint density at radius 1 is 1.15 bits per heavy atom. The average Bonchev–Trinajstić information content (AvgIpc) is 2.81. The summed E-state index contributed by atoms with van der Waals surface area (Å²) < 4.78 is 0. The lowest BCUT2D eigenvalue weighted by atomic mass is 10.00. The first-order valence-electron chi connectivity index (χ1n) is 7.39. The Bertz CT molecular complexity index is 617. The fourth-order valence-corrected chi connectivity index (χ4v) is 3.11. The number of hydrogen-bond donors (Lipinski definition) is 2. The number of anilines is 2. The van der Waals surface area contributed by atoms with Crippen molar-refractivity contribution in [3.63, 3.8) is 0 Å². The summed E-state index contributed by atoms with van der Waals surface area (Å²) in [5.41, 5.74) is 12.2. The van der Waals surface area contributed by atoms with Gasteiger partial charge < -0.3 is 11.1 Å². The van der Waals surface area contributed by atoms with Gasteiger partial charge in [0, 0.05) is 11.4 Å². The molecule has 0 amide bonds. The normalized spacial score (nSPS) is 17.2. The monoisotopic (exact) mass is 266 g/mol. The number of para-hydroxylation sites is 1. The molecule has 2 aromatic carbocycles. The number of benzene rings is 2. The minimum absolute atomic E-state index is 0.408. The van der Waals surface area contributed by atoms with Gasteiger partial charge in [-0.1, -0.05) is 38.1 Å². The summed E-state index contributed by atoms with van der Waals surface area (Å²) in [6.07, 6.45) is 2.26. The molecule has 3 rings (SSSR count). The van der Waals surface area contributed by atoms with Crippen LogP contribution in [0.25, 0.3) is 0 Å². The molecule has 2 heteroatoms. The minimum Gasteiger partial charge on any atom is -0.399 e. The van der Waals surface area contributed by atoms with E-state index in [1.54, 1.807) is 0 Å². The molecular weight excluding hydrogens is 244 g/mol. The molecule has 0 heterocycles. The van der Waals surface area contributed by atoms with Gasteiger partial charge in [0.05, 0.1) is 6.04 Å². The van der Waals surface area contributed by atoms with E-state index in [4.69, 9.17) is 5.73 Å². The smallest absolute Gasteiger partial charge is 0.0519 e. The fourth-order valence-electron chi connectivity index (χ4n) is 3.11. The van der Waals surface area contributed by atoms with E-state index in [1.807, 2.05) is 6.07 Å². The minimum atomic E-state index is 0.408. The molecule has 2 nitrogen and oxygen atoms in total. The van der Waals surface area contributed by atoms with Crippen molar-refractivity contribution < 1.29 is 0 Å². The standard InChI is InChI=1S/C18H22N2/c1-12(2)15-5-3-4-6-17(15)20-18-10-7-13-11-14(19)8-9-16(13)18/h3-6,8-9,11-12,18,20H,7,10,19H2,1-2H3. The van der Waals surface area contributed by atoms with Crippen molar-refractivity contribution in [2.24, 2.45) is 0 Å². The van der Waals surface area contributed by atoms with Crippen molar-refractivity contribution in [1.29, 1.82) is 0 Å². The van der Waals surface area contributed by atoms with Crippen LogP contribution in [0.4, 0.5) is 11.4 Å². The summed E-state index contributed by atoms with van der Waals surface area (Å²) in [4.78, 5) is 0. The Hall–Kier alpha value is -1.96.